The second kappa shape index (κ2) is 7.50. The van der Waals surface area contributed by atoms with Gasteiger partial charge < -0.3 is 15.8 Å². The molecular weight excluding hydrogens is 250 g/mol. The van der Waals surface area contributed by atoms with E-state index in [0.717, 1.165) is 37.5 Å². The van der Waals surface area contributed by atoms with E-state index in [1.54, 1.807) is 0 Å². The number of hydrogen-bond acceptors (Lipinski definition) is 4. The van der Waals surface area contributed by atoms with Crippen LogP contribution >= 0.6 is 0 Å². The minimum absolute atomic E-state index is 0.548. The highest BCUT2D eigenvalue weighted by molar-refractivity contribution is 5.54. The molecule has 1 heterocycles. The highest BCUT2D eigenvalue weighted by Crippen LogP contribution is 2.23. The van der Waals surface area contributed by atoms with Crippen molar-refractivity contribution < 1.29 is 4.74 Å². The molecule has 1 aliphatic heterocycles. The predicted octanol–water partition coefficient (Wildman–Crippen LogP) is 1.89. The van der Waals surface area contributed by atoms with Gasteiger partial charge in [-0.1, -0.05) is 6.07 Å². The van der Waals surface area contributed by atoms with E-state index < -0.39 is 0 Å². The Morgan fingerprint density at radius 2 is 2.20 bits per heavy atom. The van der Waals surface area contributed by atoms with Crippen LogP contribution in [0, 0.1) is 0 Å². The lowest BCUT2D eigenvalue weighted by atomic mass is 10.0. The van der Waals surface area contributed by atoms with Crippen molar-refractivity contribution in [3.05, 3.63) is 23.8 Å². The van der Waals surface area contributed by atoms with Crippen LogP contribution in [0.1, 0.15) is 25.8 Å². The lowest BCUT2D eigenvalue weighted by Crippen LogP contribution is -2.37. The van der Waals surface area contributed by atoms with E-state index in [-0.39, 0.29) is 0 Å². The molecule has 1 fully saturated rings. The summed E-state index contributed by atoms with van der Waals surface area (Å²) in [5, 5.41) is 3.45. The summed E-state index contributed by atoms with van der Waals surface area (Å²) in [5.41, 5.74) is 8.07. The van der Waals surface area contributed by atoms with Crippen molar-refractivity contribution in [1.29, 1.82) is 0 Å². The number of nitrogens with one attached hydrogen (secondary N) is 1. The number of benzene rings is 1. The number of ether oxygens (including phenoxy) is 1. The Hall–Kier alpha value is -1.26. The van der Waals surface area contributed by atoms with Crippen LogP contribution < -0.4 is 15.8 Å². The molecule has 3 N–H and O–H groups in total. The zero-order chi connectivity index (χ0) is 14.4. The Morgan fingerprint density at radius 3 is 2.95 bits per heavy atom. The third kappa shape index (κ3) is 4.12. The summed E-state index contributed by atoms with van der Waals surface area (Å²) >= 11 is 0. The van der Waals surface area contributed by atoms with E-state index in [1.807, 2.05) is 13.0 Å². The molecule has 0 aromatic heterocycles. The maximum absolute atomic E-state index is 6.04. The zero-order valence-electron chi connectivity index (χ0n) is 12.7. The van der Waals surface area contributed by atoms with E-state index in [0.29, 0.717) is 12.6 Å². The first kappa shape index (κ1) is 15.1. The Morgan fingerprint density at radius 1 is 1.35 bits per heavy atom. The smallest absolute Gasteiger partial charge is 0.142 e. The van der Waals surface area contributed by atoms with Gasteiger partial charge in [0.15, 0.2) is 0 Å². The van der Waals surface area contributed by atoms with Gasteiger partial charge in [-0.2, -0.15) is 0 Å². The van der Waals surface area contributed by atoms with Gasteiger partial charge in [-0.3, -0.25) is 4.90 Å². The molecule has 4 heteroatoms. The topological polar surface area (TPSA) is 50.5 Å². The van der Waals surface area contributed by atoms with Crippen LogP contribution in [0.3, 0.4) is 0 Å². The molecule has 1 aliphatic rings. The number of hydrogen-bond donors (Lipinski definition) is 2. The lowest BCUT2D eigenvalue weighted by Gasteiger charge is -2.27. The molecule has 1 saturated heterocycles. The average molecular weight is 277 g/mol. The third-order valence-corrected chi connectivity index (χ3v) is 3.90. The second-order valence-electron chi connectivity index (χ2n) is 5.50. The summed E-state index contributed by atoms with van der Waals surface area (Å²) in [4.78, 5) is 2.56. The monoisotopic (exact) mass is 277 g/mol. The van der Waals surface area contributed by atoms with E-state index in [4.69, 9.17) is 10.5 Å². The van der Waals surface area contributed by atoms with Gasteiger partial charge in [-0.15, -0.1) is 0 Å². The first-order chi connectivity index (χ1) is 9.70. The summed E-state index contributed by atoms with van der Waals surface area (Å²) in [6.45, 7) is 9.48. The van der Waals surface area contributed by atoms with Gasteiger partial charge in [0.05, 0.1) is 12.3 Å². The molecular formula is C16H27N3O. The molecule has 0 amide bonds. The van der Waals surface area contributed by atoms with Crippen molar-refractivity contribution >= 4 is 5.69 Å². The molecule has 0 bridgehead atoms. The van der Waals surface area contributed by atoms with Gasteiger partial charge >= 0.3 is 0 Å². The molecule has 1 atom stereocenters. The van der Waals surface area contributed by atoms with Crippen molar-refractivity contribution in [3.8, 4) is 5.75 Å². The van der Waals surface area contributed by atoms with Gasteiger partial charge in [0.1, 0.15) is 5.75 Å². The summed E-state index contributed by atoms with van der Waals surface area (Å²) in [5.74, 6) is 0.794. The standard InChI is InChI=1S/C16H27N3O/c1-3-20-16-6-5-14(12-15(16)17)11-13(2)19-9-4-7-18-8-10-19/h5-6,12-13,18H,3-4,7-11,17H2,1-2H3. The normalized spacial score (nSPS) is 18.5. The van der Waals surface area contributed by atoms with Crippen LogP contribution in [0.4, 0.5) is 5.69 Å². The van der Waals surface area contributed by atoms with Crippen LogP contribution in [0.2, 0.25) is 0 Å². The fourth-order valence-corrected chi connectivity index (χ4v) is 2.79. The molecule has 112 valence electrons. The number of rotatable bonds is 5. The van der Waals surface area contributed by atoms with Crippen molar-refractivity contribution in [2.45, 2.75) is 32.7 Å². The molecule has 0 radical (unpaired) electrons. The summed E-state index contributed by atoms with van der Waals surface area (Å²) in [6, 6.07) is 6.73. The maximum atomic E-state index is 6.04. The predicted molar refractivity (Wildman–Crippen MR) is 84.2 cm³/mol. The molecule has 4 nitrogen and oxygen atoms in total. The largest absolute Gasteiger partial charge is 0.492 e. The lowest BCUT2D eigenvalue weighted by molar-refractivity contribution is 0.221. The van der Waals surface area contributed by atoms with Crippen LogP contribution in [0.25, 0.3) is 0 Å². The van der Waals surface area contributed by atoms with Gasteiger partial charge in [-0.05, 0) is 57.5 Å². The summed E-state index contributed by atoms with van der Waals surface area (Å²) < 4.78 is 5.49. The summed E-state index contributed by atoms with van der Waals surface area (Å²) in [7, 11) is 0. The number of nitrogen functional groups attached to an aromatic ring is 1. The van der Waals surface area contributed by atoms with Crippen LogP contribution in [-0.4, -0.2) is 43.7 Å². The van der Waals surface area contributed by atoms with Crippen molar-refractivity contribution in [3.63, 3.8) is 0 Å². The Balaban J connectivity index is 1.96. The Kier molecular flexibility index (Phi) is 5.68. The molecule has 0 aliphatic carbocycles. The van der Waals surface area contributed by atoms with E-state index >= 15 is 0 Å². The number of nitrogens with zero attached hydrogens (tertiary/aromatic N) is 1. The Labute approximate surface area is 122 Å². The molecule has 0 saturated carbocycles. The quantitative estimate of drug-likeness (QED) is 0.807. The second-order valence-corrected chi connectivity index (χ2v) is 5.50. The molecule has 1 aromatic rings. The molecule has 0 spiro atoms. The van der Waals surface area contributed by atoms with Crippen molar-refractivity contribution in [2.75, 3.05) is 38.5 Å². The summed E-state index contributed by atoms with van der Waals surface area (Å²) in [6.07, 6.45) is 2.27. The fourth-order valence-electron chi connectivity index (χ4n) is 2.79. The third-order valence-electron chi connectivity index (χ3n) is 3.90. The van der Waals surface area contributed by atoms with E-state index in [9.17, 15) is 0 Å². The molecule has 1 aromatic carbocycles. The van der Waals surface area contributed by atoms with Gasteiger partial charge in [0, 0.05) is 19.1 Å². The van der Waals surface area contributed by atoms with Crippen LogP contribution in [0.5, 0.6) is 5.75 Å². The molecule has 2 rings (SSSR count). The van der Waals surface area contributed by atoms with Crippen molar-refractivity contribution in [1.82, 2.24) is 10.2 Å². The average Bonchev–Trinajstić information content (AvgIpc) is 2.71. The van der Waals surface area contributed by atoms with Gasteiger partial charge in [0.25, 0.3) is 0 Å². The number of anilines is 1. The van der Waals surface area contributed by atoms with Gasteiger partial charge in [-0.25, -0.2) is 0 Å². The Bertz CT molecular complexity index is 414. The first-order valence-electron chi connectivity index (χ1n) is 7.66. The van der Waals surface area contributed by atoms with E-state index in [1.165, 1.54) is 18.5 Å². The fraction of sp³-hybridized carbons (Fsp3) is 0.625. The highest BCUT2D eigenvalue weighted by Gasteiger charge is 2.16. The molecule has 1 unspecified atom stereocenters. The minimum atomic E-state index is 0.548. The van der Waals surface area contributed by atoms with Gasteiger partial charge in [0.2, 0.25) is 0 Å². The van der Waals surface area contributed by atoms with Crippen LogP contribution in [-0.2, 0) is 6.42 Å². The number of nitrogens with two attached hydrogens (primary N) is 1. The SMILES string of the molecule is CCOc1ccc(CC(C)N2CCCNCC2)cc1N. The minimum Gasteiger partial charge on any atom is -0.492 e. The van der Waals surface area contributed by atoms with Crippen molar-refractivity contribution in [2.24, 2.45) is 0 Å². The zero-order valence-corrected chi connectivity index (χ0v) is 12.7. The highest BCUT2D eigenvalue weighted by atomic mass is 16.5. The van der Waals surface area contributed by atoms with Crippen LogP contribution in [0.15, 0.2) is 18.2 Å². The first-order valence-corrected chi connectivity index (χ1v) is 7.66. The maximum Gasteiger partial charge on any atom is 0.142 e. The van der Waals surface area contributed by atoms with E-state index in [2.05, 4.69) is 29.3 Å². The molecule has 20 heavy (non-hydrogen) atoms.